The third-order valence-electron chi connectivity index (χ3n) is 3.42. The van der Waals surface area contributed by atoms with Crippen molar-refractivity contribution in [1.82, 2.24) is 0 Å². The fourth-order valence-electron chi connectivity index (χ4n) is 2.07. The number of carbonyl (C=O) groups is 2. The van der Waals surface area contributed by atoms with E-state index in [-0.39, 0.29) is 11.9 Å². The lowest BCUT2D eigenvalue weighted by Crippen LogP contribution is -2.04. The van der Waals surface area contributed by atoms with Gasteiger partial charge in [-0.15, -0.1) is 0 Å². The van der Waals surface area contributed by atoms with Gasteiger partial charge in [0, 0.05) is 0 Å². The molecule has 0 atom stereocenters. The van der Waals surface area contributed by atoms with Gasteiger partial charge in [0.2, 0.25) is 0 Å². The maximum Gasteiger partial charge on any atom is 0.338 e. The molecule has 0 radical (unpaired) electrons. The maximum atomic E-state index is 11.6. The number of benzene rings is 3. The van der Waals surface area contributed by atoms with Crippen LogP contribution in [0.25, 0.3) is 0 Å². The summed E-state index contributed by atoms with van der Waals surface area (Å²) in [7, 11) is 1.37. The first-order chi connectivity index (χ1) is 12.7. The Morgan fingerprint density at radius 1 is 0.654 bits per heavy atom. The summed E-state index contributed by atoms with van der Waals surface area (Å²) in [6.45, 7) is 0.314. The van der Waals surface area contributed by atoms with Gasteiger partial charge in [0.05, 0.1) is 18.2 Å². The number of methoxy groups -OCH3 is 1. The van der Waals surface area contributed by atoms with Gasteiger partial charge < -0.3 is 9.47 Å². The van der Waals surface area contributed by atoms with Gasteiger partial charge in [-0.05, 0) is 29.8 Å². The second-order valence-corrected chi connectivity index (χ2v) is 5.29. The van der Waals surface area contributed by atoms with Crippen LogP contribution in [0.5, 0.6) is 0 Å². The molecule has 4 heteroatoms. The molecule has 0 aliphatic rings. The van der Waals surface area contributed by atoms with Crippen LogP contribution in [0.1, 0.15) is 26.3 Å². The zero-order chi connectivity index (χ0) is 18.6. The molecule has 3 aromatic carbocycles. The van der Waals surface area contributed by atoms with Crippen molar-refractivity contribution in [2.24, 2.45) is 0 Å². The zero-order valence-electron chi connectivity index (χ0n) is 14.5. The fraction of sp³-hybridized carbons (Fsp3) is 0.0909. The summed E-state index contributed by atoms with van der Waals surface area (Å²) in [4.78, 5) is 22.4. The maximum absolute atomic E-state index is 11.6. The number of ether oxygens (including phenoxy) is 2. The van der Waals surface area contributed by atoms with Crippen molar-refractivity contribution in [2.45, 2.75) is 6.61 Å². The van der Waals surface area contributed by atoms with Gasteiger partial charge in [-0.3, -0.25) is 0 Å². The van der Waals surface area contributed by atoms with Gasteiger partial charge in [-0.2, -0.15) is 0 Å². The van der Waals surface area contributed by atoms with Crippen molar-refractivity contribution in [2.75, 3.05) is 7.11 Å². The number of hydrogen-bond acceptors (Lipinski definition) is 4. The average Bonchev–Trinajstić information content (AvgIpc) is 2.74. The van der Waals surface area contributed by atoms with Crippen LogP contribution in [0.3, 0.4) is 0 Å². The lowest BCUT2D eigenvalue weighted by molar-refractivity contribution is 0.0472. The van der Waals surface area contributed by atoms with Gasteiger partial charge in [-0.1, -0.05) is 66.7 Å². The summed E-state index contributed by atoms with van der Waals surface area (Å²) < 4.78 is 9.67. The molecule has 0 aromatic heterocycles. The Hall–Kier alpha value is -3.40. The first-order valence-electron chi connectivity index (χ1n) is 8.10. The first-order valence-corrected chi connectivity index (χ1v) is 8.10. The van der Waals surface area contributed by atoms with Gasteiger partial charge in [0.25, 0.3) is 0 Å². The molecule has 26 heavy (non-hydrogen) atoms. The number of hydrogen-bond donors (Lipinski definition) is 0. The quantitative estimate of drug-likeness (QED) is 0.651. The van der Waals surface area contributed by atoms with Crippen LogP contribution in [0.2, 0.25) is 0 Å². The van der Waals surface area contributed by atoms with E-state index in [1.807, 2.05) is 54.6 Å². The smallest absolute Gasteiger partial charge is 0.338 e. The summed E-state index contributed by atoms with van der Waals surface area (Å²) in [5.41, 5.74) is 2.16. The average molecular weight is 348 g/mol. The molecular formula is C22H20O4. The predicted molar refractivity (Wildman–Crippen MR) is 99.8 cm³/mol. The highest BCUT2D eigenvalue weighted by molar-refractivity contribution is 5.89. The molecule has 3 rings (SSSR count). The summed E-state index contributed by atoms with van der Waals surface area (Å²) in [6.07, 6.45) is 0. The largest absolute Gasteiger partial charge is 0.465 e. The third-order valence-corrected chi connectivity index (χ3v) is 3.42. The van der Waals surface area contributed by atoms with E-state index in [2.05, 4.69) is 4.74 Å². The number of rotatable bonds is 4. The minimum absolute atomic E-state index is 0.288. The van der Waals surface area contributed by atoms with Crippen LogP contribution in [-0.4, -0.2) is 19.0 Å². The second-order valence-electron chi connectivity index (χ2n) is 5.29. The standard InChI is InChI=1S/C14H12O2.C8H8O2/c15-14(13-9-5-2-6-10-13)16-11-12-7-3-1-4-8-12;1-10-8(9)7-5-3-2-4-6-7/h1-10H,11H2;2-6H,1H3. The van der Waals surface area contributed by atoms with Crippen molar-refractivity contribution >= 4 is 11.9 Å². The lowest BCUT2D eigenvalue weighted by atomic mass is 10.2. The predicted octanol–water partition coefficient (Wildman–Crippen LogP) is 4.52. The van der Waals surface area contributed by atoms with Crippen LogP contribution in [0.15, 0.2) is 91.0 Å². The molecule has 0 fully saturated rings. The first kappa shape index (κ1) is 18.9. The van der Waals surface area contributed by atoms with Crippen LogP contribution in [0.4, 0.5) is 0 Å². The van der Waals surface area contributed by atoms with E-state index in [0.29, 0.717) is 17.7 Å². The highest BCUT2D eigenvalue weighted by Crippen LogP contribution is 2.05. The Kier molecular flexibility index (Phi) is 7.62. The molecule has 0 saturated heterocycles. The molecule has 0 bridgehead atoms. The van der Waals surface area contributed by atoms with Crippen molar-refractivity contribution in [3.05, 3.63) is 108 Å². The molecule has 0 unspecified atom stereocenters. The Morgan fingerprint density at radius 3 is 1.54 bits per heavy atom. The van der Waals surface area contributed by atoms with E-state index in [1.54, 1.807) is 36.4 Å². The summed E-state index contributed by atoms with van der Waals surface area (Å²) in [5, 5.41) is 0. The van der Waals surface area contributed by atoms with E-state index < -0.39 is 0 Å². The Labute approximate surface area is 153 Å². The molecular weight excluding hydrogens is 328 g/mol. The molecule has 0 aliphatic heterocycles. The van der Waals surface area contributed by atoms with Crippen molar-refractivity contribution in [1.29, 1.82) is 0 Å². The SMILES string of the molecule is COC(=O)c1ccccc1.O=C(OCc1ccccc1)c1ccccc1. The minimum Gasteiger partial charge on any atom is -0.465 e. The molecule has 0 N–H and O–H groups in total. The van der Waals surface area contributed by atoms with Crippen molar-refractivity contribution in [3.63, 3.8) is 0 Å². The van der Waals surface area contributed by atoms with E-state index in [0.717, 1.165) is 5.56 Å². The van der Waals surface area contributed by atoms with Crippen molar-refractivity contribution < 1.29 is 19.1 Å². The highest BCUT2D eigenvalue weighted by atomic mass is 16.5. The summed E-state index contributed by atoms with van der Waals surface area (Å²) >= 11 is 0. The number of carbonyl (C=O) groups excluding carboxylic acids is 2. The van der Waals surface area contributed by atoms with Crippen LogP contribution in [-0.2, 0) is 16.1 Å². The van der Waals surface area contributed by atoms with E-state index in [1.165, 1.54) is 7.11 Å². The van der Waals surface area contributed by atoms with Gasteiger partial charge >= 0.3 is 11.9 Å². The van der Waals surface area contributed by atoms with E-state index in [4.69, 9.17) is 4.74 Å². The fourth-order valence-corrected chi connectivity index (χ4v) is 2.07. The normalized spacial score (nSPS) is 9.42. The Morgan fingerprint density at radius 2 is 1.08 bits per heavy atom. The summed E-state index contributed by atoms with van der Waals surface area (Å²) in [6, 6.07) is 27.5. The lowest BCUT2D eigenvalue weighted by Gasteiger charge is -2.04. The molecule has 3 aromatic rings. The minimum atomic E-state index is -0.291. The summed E-state index contributed by atoms with van der Waals surface area (Å²) in [5.74, 6) is -0.579. The van der Waals surface area contributed by atoms with Crippen LogP contribution in [0, 0.1) is 0 Å². The Bertz CT molecular complexity index is 799. The molecule has 0 heterocycles. The molecule has 4 nitrogen and oxygen atoms in total. The highest BCUT2D eigenvalue weighted by Gasteiger charge is 2.05. The number of esters is 2. The third kappa shape index (κ3) is 6.24. The van der Waals surface area contributed by atoms with E-state index in [9.17, 15) is 9.59 Å². The molecule has 0 amide bonds. The van der Waals surface area contributed by atoms with Gasteiger partial charge in [0.1, 0.15) is 6.61 Å². The zero-order valence-corrected chi connectivity index (χ0v) is 14.5. The van der Waals surface area contributed by atoms with Crippen molar-refractivity contribution in [3.8, 4) is 0 Å². The molecule has 0 spiro atoms. The van der Waals surface area contributed by atoms with E-state index >= 15 is 0 Å². The van der Waals surface area contributed by atoms with Gasteiger partial charge in [0.15, 0.2) is 0 Å². The Balaban J connectivity index is 0.000000209. The molecule has 132 valence electrons. The topological polar surface area (TPSA) is 52.6 Å². The monoisotopic (exact) mass is 348 g/mol. The van der Waals surface area contributed by atoms with Gasteiger partial charge in [-0.25, -0.2) is 9.59 Å². The molecule has 0 saturated carbocycles. The van der Waals surface area contributed by atoms with Crippen LogP contribution >= 0.6 is 0 Å². The van der Waals surface area contributed by atoms with Crippen LogP contribution < -0.4 is 0 Å². The second kappa shape index (κ2) is 10.5. The molecule has 0 aliphatic carbocycles.